The molecule has 1 aliphatic heterocycles. The number of aryl methyl sites for hydroxylation is 1. The van der Waals surface area contributed by atoms with Crippen LogP contribution in [0.4, 0.5) is 20.7 Å². The van der Waals surface area contributed by atoms with Crippen LogP contribution in [0.25, 0.3) is 10.2 Å². The molecule has 3 heterocycles. The Morgan fingerprint density at radius 1 is 1.29 bits per heavy atom. The van der Waals surface area contributed by atoms with Crippen molar-refractivity contribution in [1.82, 2.24) is 14.9 Å². The molecule has 35 heavy (non-hydrogen) atoms. The largest absolute Gasteiger partial charge is 0.486 e. The Morgan fingerprint density at radius 2 is 2.06 bits per heavy atom. The van der Waals surface area contributed by atoms with E-state index >= 15 is 0 Å². The summed E-state index contributed by atoms with van der Waals surface area (Å²) >= 11 is 1.19. The van der Waals surface area contributed by atoms with E-state index in [9.17, 15) is 14.0 Å². The van der Waals surface area contributed by atoms with Gasteiger partial charge in [0.05, 0.1) is 22.5 Å². The van der Waals surface area contributed by atoms with Crippen molar-refractivity contribution in [2.75, 3.05) is 18.4 Å². The number of piperidine rings is 1. The van der Waals surface area contributed by atoms with E-state index < -0.39 is 23.4 Å². The summed E-state index contributed by atoms with van der Waals surface area (Å²) in [5.41, 5.74) is 6.07. The van der Waals surface area contributed by atoms with Crippen molar-refractivity contribution < 1.29 is 23.5 Å². The minimum Gasteiger partial charge on any atom is -0.486 e. The van der Waals surface area contributed by atoms with Crippen molar-refractivity contribution in [3.63, 3.8) is 0 Å². The molecular weight excluding hydrogens is 473 g/mol. The fraction of sp³-hybridized carbons (Fsp3) is 0.417. The van der Waals surface area contributed by atoms with Crippen LogP contribution < -0.4 is 15.8 Å². The number of halogens is 1. The van der Waals surface area contributed by atoms with Gasteiger partial charge in [0.25, 0.3) is 5.91 Å². The molecule has 3 N–H and O–H groups in total. The monoisotopic (exact) mass is 501 g/mol. The molecule has 9 nitrogen and oxygen atoms in total. The highest BCUT2D eigenvalue weighted by molar-refractivity contribution is 7.20. The molecule has 0 bridgehead atoms. The predicted octanol–water partition coefficient (Wildman–Crippen LogP) is 4.76. The first-order valence-electron chi connectivity index (χ1n) is 11.3. The number of carbonyl (C=O) groups excluding carboxylic acids is 2. The smallest absolute Gasteiger partial charge is 0.410 e. The maximum atomic E-state index is 14.2. The van der Waals surface area contributed by atoms with Crippen molar-refractivity contribution in [3.8, 4) is 5.75 Å². The van der Waals surface area contributed by atoms with Crippen LogP contribution in [-0.4, -0.2) is 51.7 Å². The van der Waals surface area contributed by atoms with Crippen molar-refractivity contribution in [2.24, 2.45) is 5.73 Å². The number of rotatable bonds is 5. The highest BCUT2D eigenvalue weighted by atomic mass is 32.1. The Morgan fingerprint density at radius 3 is 2.77 bits per heavy atom. The number of anilines is 2. The molecule has 3 aromatic rings. The van der Waals surface area contributed by atoms with E-state index in [2.05, 4.69) is 15.3 Å². The number of nitrogens with two attached hydrogens (primary N) is 1. The van der Waals surface area contributed by atoms with Crippen LogP contribution in [0.2, 0.25) is 0 Å². The summed E-state index contributed by atoms with van der Waals surface area (Å²) in [6.45, 7) is 8.14. The van der Waals surface area contributed by atoms with E-state index in [1.54, 1.807) is 17.9 Å². The summed E-state index contributed by atoms with van der Waals surface area (Å²) in [6, 6.07) is 4.17. The van der Waals surface area contributed by atoms with Gasteiger partial charge >= 0.3 is 6.09 Å². The van der Waals surface area contributed by atoms with Crippen molar-refractivity contribution in [1.29, 1.82) is 0 Å². The van der Waals surface area contributed by atoms with Crippen LogP contribution in [0.3, 0.4) is 0 Å². The summed E-state index contributed by atoms with van der Waals surface area (Å²) in [5, 5.41) is 3.86. The Balaban J connectivity index is 1.58. The highest BCUT2D eigenvalue weighted by Crippen LogP contribution is 2.37. The van der Waals surface area contributed by atoms with E-state index in [0.29, 0.717) is 51.7 Å². The molecule has 186 valence electrons. The Kier molecular flexibility index (Phi) is 6.79. The van der Waals surface area contributed by atoms with Gasteiger partial charge in [0.1, 0.15) is 40.2 Å². The van der Waals surface area contributed by atoms with E-state index in [4.69, 9.17) is 15.2 Å². The fourth-order valence-electron chi connectivity index (χ4n) is 3.93. The third kappa shape index (κ3) is 5.61. The SMILES string of the molecule is Cc1c(C(N)=O)sc2ncnc(Nc3ccc(F)cc3O[C@H]3CCCN(C(=O)OC(C)(C)C)C3)c12. The summed E-state index contributed by atoms with van der Waals surface area (Å²) in [7, 11) is 0. The number of benzene rings is 1. The van der Waals surface area contributed by atoms with Gasteiger partial charge in [0.2, 0.25) is 0 Å². The minimum atomic E-state index is -0.596. The normalized spacial score (nSPS) is 16.3. The van der Waals surface area contributed by atoms with Gasteiger partial charge in [0.15, 0.2) is 0 Å². The zero-order valence-corrected chi connectivity index (χ0v) is 20.9. The molecule has 0 radical (unpaired) electrons. The zero-order chi connectivity index (χ0) is 25.3. The molecule has 4 rings (SSSR count). The van der Waals surface area contributed by atoms with Crippen molar-refractivity contribution >= 4 is 45.1 Å². The Hall–Kier alpha value is -3.47. The van der Waals surface area contributed by atoms with Crippen molar-refractivity contribution in [2.45, 2.75) is 52.2 Å². The average molecular weight is 502 g/mol. The fourth-order valence-corrected chi connectivity index (χ4v) is 4.93. The number of hydrogen-bond donors (Lipinski definition) is 2. The van der Waals surface area contributed by atoms with Gasteiger partial charge in [-0.2, -0.15) is 0 Å². The molecule has 0 spiro atoms. The van der Waals surface area contributed by atoms with Crippen LogP contribution in [0.5, 0.6) is 5.75 Å². The number of thiophene rings is 1. The van der Waals surface area contributed by atoms with Gasteiger partial charge in [0, 0.05) is 12.6 Å². The third-order valence-corrected chi connectivity index (χ3v) is 6.69. The third-order valence-electron chi connectivity index (χ3n) is 5.47. The molecule has 1 aromatic carbocycles. The molecule has 2 amide bonds. The molecule has 0 unspecified atom stereocenters. The Bertz CT molecular complexity index is 1270. The maximum Gasteiger partial charge on any atom is 0.410 e. The molecule has 2 aromatic heterocycles. The number of amides is 2. The number of ether oxygens (including phenoxy) is 2. The van der Waals surface area contributed by atoms with E-state index in [1.165, 1.54) is 29.8 Å². The molecule has 1 atom stereocenters. The lowest BCUT2D eigenvalue weighted by atomic mass is 10.1. The second kappa shape index (κ2) is 9.65. The number of hydrogen-bond acceptors (Lipinski definition) is 8. The summed E-state index contributed by atoms with van der Waals surface area (Å²) in [4.78, 5) is 35.5. The number of primary amides is 1. The van der Waals surface area contributed by atoms with Gasteiger partial charge in [-0.3, -0.25) is 4.79 Å². The number of carbonyl (C=O) groups is 2. The lowest BCUT2D eigenvalue weighted by Gasteiger charge is -2.34. The van der Waals surface area contributed by atoms with Crippen LogP contribution in [0.1, 0.15) is 48.8 Å². The van der Waals surface area contributed by atoms with Gasteiger partial charge in [-0.1, -0.05) is 0 Å². The quantitative estimate of drug-likeness (QED) is 0.517. The number of likely N-dealkylation sites (tertiary alicyclic amines) is 1. The molecule has 11 heteroatoms. The average Bonchev–Trinajstić information content (AvgIpc) is 3.12. The van der Waals surface area contributed by atoms with Crippen LogP contribution in [-0.2, 0) is 4.74 Å². The molecule has 0 saturated carbocycles. The molecular formula is C24H28FN5O4S. The van der Waals surface area contributed by atoms with Crippen LogP contribution in [0.15, 0.2) is 24.5 Å². The minimum absolute atomic E-state index is 0.288. The zero-order valence-electron chi connectivity index (χ0n) is 20.1. The van der Waals surface area contributed by atoms with Gasteiger partial charge in [-0.15, -0.1) is 11.3 Å². The number of fused-ring (bicyclic) bond motifs is 1. The topological polar surface area (TPSA) is 120 Å². The Labute approximate surface area is 206 Å². The van der Waals surface area contributed by atoms with E-state index in [0.717, 1.165) is 6.42 Å². The second-order valence-electron chi connectivity index (χ2n) is 9.40. The summed E-state index contributed by atoms with van der Waals surface area (Å²) in [5.74, 6) is -0.252. The summed E-state index contributed by atoms with van der Waals surface area (Å²) in [6.07, 6.45) is 2.09. The highest BCUT2D eigenvalue weighted by Gasteiger charge is 2.29. The number of nitrogens with zero attached hydrogens (tertiary/aromatic N) is 3. The van der Waals surface area contributed by atoms with Gasteiger partial charge in [-0.25, -0.2) is 19.2 Å². The molecule has 1 aliphatic rings. The standard InChI is InChI=1S/C24H28FN5O4S/c1-13-18-21(27-12-28-22(18)35-19(13)20(26)31)29-16-8-7-14(25)10-17(16)33-15-6-5-9-30(11-15)23(32)34-24(2,3)4/h7-8,10,12,15H,5-6,9,11H2,1-4H3,(H2,26,31)(H,27,28,29)/t15-/m0/s1. The number of nitrogens with one attached hydrogen (secondary N) is 1. The molecule has 0 aliphatic carbocycles. The number of aromatic nitrogens is 2. The van der Waals surface area contributed by atoms with E-state index in [1.807, 2.05) is 20.8 Å². The van der Waals surface area contributed by atoms with Gasteiger partial charge in [-0.05, 0) is 58.2 Å². The van der Waals surface area contributed by atoms with E-state index in [-0.39, 0.29) is 11.9 Å². The lowest BCUT2D eigenvalue weighted by Crippen LogP contribution is -2.46. The van der Waals surface area contributed by atoms with Crippen LogP contribution in [0, 0.1) is 12.7 Å². The first-order chi connectivity index (χ1) is 16.5. The van der Waals surface area contributed by atoms with Gasteiger partial charge < -0.3 is 25.4 Å². The first kappa shape index (κ1) is 24.6. The lowest BCUT2D eigenvalue weighted by molar-refractivity contribution is 0.00781. The first-order valence-corrected chi connectivity index (χ1v) is 12.1. The maximum absolute atomic E-state index is 14.2. The summed E-state index contributed by atoms with van der Waals surface area (Å²) < 4.78 is 25.8. The second-order valence-corrected chi connectivity index (χ2v) is 10.4. The van der Waals surface area contributed by atoms with Crippen LogP contribution >= 0.6 is 11.3 Å². The molecule has 1 fully saturated rings. The van der Waals surface area contributed by atoms with Crippen molar-refractivity contribution in [3.05, 3.63) is 40.8 Å². The predicted molar refractivity (Wildman–Crippen MR) is 132 cm³/mol. The molecule has 1 saturated heterocycles.